The average molecular weight is 337 g/mol. The van der Waals surface area contributed by atoms with Gasteiger partial charge in [-0.05, 0) is 68.3 Å². The summed E-state index contributed by atoms with van der Waals surface area (Å²) in [5.74, 6) is 0. The summed E-state index contributed by atoms with van der Waals surface area (Å²) in [5.41, 5.74) is 3.30. The van der Waals surface area contributed by atoms with Crippen molar-refractivity contribution in [2.75, 3.05) is 26.2 Å². The van der Waals surface area contributed by atoms with Crippen LogP contribution in [0.25, 0.3) is 0 Å². The number of aryl methyl sites for hydroxylation is 1. The molecule has 0 aromatic heterocycles. The fourth-order valence-corrected chi connectivity index (χ4v) is 4.46. The van der Waals surface area contributed by atoms with Gasteiger partial charge >= 0.3 is 0 Å². The van der Waals surface area contributed by atoms with Crippen molar-refractivity contribution >= 4 is 15.9 Å². The summed E-state index contributed by atoms with van der Waals surface area (Å²) in [7, 11) is 0. The van der Waals surface area contributed by atoms with Crippen LogP contribution in [0.4, 0.5) is 0 Å². The Bertz CT molecular complexity index is 461. The van der Waals surface area contributed by atoms with E-state index >= 15 is 0 Å². The summed E-state index contributed by atoms with van der Waals surface area (Å²) in [4.78, 5) is 2.66. The van der Waals surface area contributed by atoms with Gasteiger partial charge in [0.2, 0.25) is 0 Å². The Morgan fingerprint density at radius 1 is 1.30 bits per heavy atom. The summed E-state index contributed by atoms with van der Waals surface area (Å²) >= 11 is 3.72. The highest BCUT2D eigenvalue weighted by atomic mass is 79.9. The maximum atomic E-state index is 3.72. The minimum atomic E-state index is 0.549. The SMILES string of the molecule is Cc1ccc(CN2CCCC3(CCCNC3)C2)c(Br)c1. The first-order valence-electron chi connectivity index (χ1n) is 7.85. The Morgan fingerprint density at radius 3 is 2.90 bits per heavy atom. The highest BCUT2D eigenvalue weighted by molar-refractivity contribution is 9.10. The van der Waals surface area contributed by atoms with E-state index in [0.717, 1.165) is 6.54 Å². The molecule has 0 amide bonds. The Morgan fingerprint density at radius 2 is 2.15 bits per heavy atom. The first-order chi connectivity index (χ1) is 9.67. The fraction of sp³-hybridized carbons (Fsp3) is 0.647. The number of nitrogens with one attached hydrogen (secondary N) is 1. The van der Waals surface area contributed by atoms with Crippen LogP contribution in [0.3, 0.4) is 0 Å². The van der Waals surface area contributed by atoms with Crippen molar-refractivity contribution in [2.24, 2.45) is 5.41 Å². The van der Waals surface area contributed by atoms with E-state index in [-0.39, 0.29) is 0 Å². The van der Waals surface area contributed by atoms with Crippen LogP contribution in [0.2, 0.25) is 0 Å². The number of piperidine rings is 2. The molecule has 0 aliphatic carbocycles. The molecule has 2 aliphatic rings. The molecule has 2 fully saturated rings. The molecule has 0 bridgehead atoms. The normalized spacial score (nSPS) is 27.9. The van der Waals surface area contributed by atoms with Crippen molar-refractivity contribution in [3.05, 3.63) is 33.8 Å². The summed E-state index contributed by atoms with van der Waals surface area (Å²) in [6, 6.07) is 6.74. The third-order valence-electron chi connectivity index (χ3n) is 4.90. The molecule has 2 aliphatic heterocycles. The van der Waals surface area contributed by atoms with Gasteiger partial charge in [-0.1, -0.05) is 28.1 Å². The van der Waals surface area contributed by atoms with Gasteiger partial charge in [0, 0.05) is 24.1 Å². The van der Waals surface area contributed by atoms with Crippen molar-refractivity contribution in [2.45, 2.75) is 39.2 Å². The van der Waals surface area contributed by atoms with E-state index in [1.165, 1.54) is 67.5 Å². The molecule has 1 N–H and O–H groups in total. The molecule has 1 unspecified atom stereocenters. The predicted molar refractivity (Wildman–Crippen MR) is 87.9 cm³/mol. The molecule has 3 heteroatoms. The van der Waals surface area contributed by atoms with Crippen molar-refractivity contribution in [3.63, 3.8) is 0 Å². The van der Waals surface area contributed by atoms with Crippen LogP contribution in [0.15, 0.2) is 22.7 Å². The van der Waals surface area contributed by atoms with E-state index in [4.69, 9.17) is 0 Å². The van der Waals surface area contributed by atoms with E-state index in [9.17, 15) is 0 Å². The molecule has 0 radical (unpaired) electrons. The third kappa shape index (κ3) is 3.26. The number of likely N-dealkylation sites (tertiary alicyclic amines) is 1. The maximum absolute atomic E-state index is 3.72. The average Bonchev–Trinajstić information content (AvgIpc) is 2.43. The smallest absolute Gasteiger partial charge is 0.0245 e. The van der Waals surface area contributed by atoms with Gasteiger partial charge in [-0.2, -0.15) is 0 Å². The second-order valence-corrected chi connectivity index (χ2v) is 7.54. The Hall–Kier alpha value is -0.380. The maximum Gasteiger partial charge on any atom is 0.0245 e. The van der Waals surface area contributed by atoms with Crippen LogP contribution in [0, 0.1) is 12.3 Å². The van der Waals surface area contributed by atoms with Gasteiger partial charge in [0.05, 0.1) is 0 Å². The van der Waals surface area contributed by atoms with E-state index in [0.29, 0.717) is 5.41 Å². The summed E-state index contributed by atoms with van der Waals surface area (Å²) in [5, 5.41) is 3.61. The van der Waals surface area contributed by atoms with Crippen molar-refractivity contribution in [1.29, 1.82) is 0 Å². The van der Waals surface area contributed by atoms with E-state index in [2.05, 4.69) is 51.3 Å². The highest BCUT2D eigenvalue weighted by Gasteiger charge is 2.36. The molecule has 0 saturated carbocycles. The molecule has 2 heterocycles. The first-order valence-corrected chi connectivity index (χ1v) is 8.64. The lowest BCUT2D eigenvalue weighted by Gasteiger charge is -2.45. The van der Waals surface area contributed by atoms with E-state index in [1.807, 2.05) is 0 Å². The van der Waals surface area contributed by atoms with Crippen molar-refractivity contribution in [3.8, 4) is 0 Å². The van der Waals surface area contributed by atoms with Gasteiger partial charge in [-0.25, -0.2) is 0 Å². The lowest BCUT2D eigenvalue weighted by molar-refractivity contribution is 0.0599. The zero-order chi connectivity index (χ0) is 14.0. The Kier molecular flexibility index (Phi) is 4.49. The molecule has 20 heavy (non-hydrogen) atoms. The summed E-state index contributed by atoms with van der Waals surface area (Å²) in [6.07, 6.45) is 5.52. The molecular weight excluding hydrogens is 312 g/mol. The molecule has 2 nitrogen and oxygen atoms in total. The van der Waals surface area contributed by atoms with Gasteiger partial charge in [-0.15, -0.1) is 0 Å². The van der Waals surface area contributed by atoms with E-state index in [1.54, 1.807) is 0 Å². The monoisotopic (exact) mass is 336 g/mol. The van der Waals surface area contributed by atoms with Gasteiger partial charge in [0.25, 0.3) is 0 Å². The molecular formula is C17H25BrN2. The standard InChI is InChI=1S/C17H25BrN2/c1-14-4-5-15(16(18)10-14)11-20-9-3-7-17(13-20)6-2-8-19-12-17/h4-5,10,19H,2-3,6-9,11-13H2,1H3. The zero-order valence-electron chi connectivity index (χ0n) is 12.4. The summed E-state index contributed by atoms with van der Waals surface area (Å²) < 4.78 is 1.26. The minimum absolute atomic E-state index is 0.549. The molecule has 1 spiro atoms. The second-order valence-electron chi connectivity index (χ2n) is 6.69. The molecule has 3 rings (SSSR count). The van der Waals surface area contributed by atoms with Gasteiger partial charge in [-0.3, -0.25) is 4.90 Å². The predicted octanol–water partition coefficient (Wildman–Crippen LogP) is 3.72. The number of benzene rings is 1. The molecule has 1 aromatic carbocycles. The van der Waals surface area contributed by atoms with Crippen LogP contribution in [0.5, 0.6) is 0 Å². The van der Waals surface area contributed by atoms with Crippen LogP contribution in [-0.2, 0) is 6.54 Å². The highest BCUT2D eigenvalue weighted by Crippen LogP contribution is 2.36. The lowest BCUT2D eigenvalue weighted by atomic mass is 9.74. The van der Waals surface area contributed by atoms with Crippen molar-refractivity contribution in [1.82, 2.24) is 10.2 Å². The quantitative estimate of drug-likeness (QED) is 0.885. The number of hydrogen-bond acceptors (Lipinski definition) is 2. The first kappa shape index (κ1) is 14.6. The number of rotatable bonds is 2. The minimum Gasteiger partial charge on any atom is -0.316 e. The lowest BCUT2D eigenvalue weighted by Crippen LogP contribution is -2.50. The van der Waals surface area contributed by atoms with Crippen LogP contribution >= 0.6 is 15.9 Å². The number of hydrogen-bond donors (Lipinski definition) is 1. The molecule has 110 valence electrons. The van der Waals surface area contributed by atoms with Gasteiger partial charge < -0.3 is 5.32 Å². The third-order valence-corrected chi connectivity index (χ3v) is 5.64. The Balaban J connectivity index is 1.68. The van der Waals surface area contributed by atoms with Gasteiger partial charge in [0.1, 0.15) is 0 Å². The number of halogens is 1. The van der Waals surface area contributed by atoms with E-state index < -0.39 is 0 Å². The zero-order valence-corrected chi connectivity index (χ0v) is 14.0. The fourth-order valence-electron chi connectivity index (χ4n) is 3.85. The topological polar surface area (TPSA) is 15.3 Å². The number of nitrogens with zero attached hydrogens (tertiary/aromatic N) is 1. The molecule has 2 saturated heterocycles. The summed E-state index contributed by atoms with van der Waals surface area (Å²) in [6.45, 7) is 8.19. The van der Waals surface area contributed by atoms with Crippen LogP contribution < -0.4 is 5.32 Å². The second kappa shape index (κ2) is 6.17. The molecule has 1 atom stereocenters. The van der Waals surface area contributed by atoms with Crippen molar-refractivity contribution < 1.29 is 0 Å². The van der Waals surface area contributed by atoms with Gasteiger partial charge in [0.15, 0.2) is 0 Å². The Labute approximate surface area is 131 Å². The molecule has 1 aromatic rings. The largest absolute Gasteiger partial charge is 0.316 e. The van der Waals surface area contributed by atoms with Crippen LogP contribution in [0.1, 0.15) is 36.8 Å². The van der Waals surface area contributed by atoms with Crippen LogP contribution in [-0.4, -0.2) is 31.1 Å².